The fourth-order valence-electron chi connectivity index (χ4n) is 2.97. The first-order valence-corrected chi connectivity index (χ1v) is 8.92. The van der Waals surface area contributed by atoms with Gasteiger partial charge in [0.05, 0.1) is 0 Å². The highest BCUT2D eigenvalue weighted by Gasteiger charge is 2.15. The maximum absolute atomic E-state index is 12.3. The van der Waals surface area contributed by atoms with Gasteiger partial charge in [0.15, 0.2) is 34.5 Å². The second kappa shape index (κ2) is 7.19. The maximum Gasteiger partial charge on any atom is 0.272 e. The highest BCUT2D eigenvalue weighted by molar-refractivity contribution is 5.92. The van der Waals surface area contributed by atoms with Crippen LogP contribution in [-0.2, 0) is 6.54 Å². The van der Waals surface area contributed by atoms with Crippen LogP contribution in [0.3, 0.4) is 0 Å². The summed E-state index contributed by atoms with van der Waals surface area (Å²) in [5, 5.41) is 14.0. The van der Waals surface area contributed by atoms with Gasteiger partial charge in [-0.2, -0.15) is 0 Å². The Kier molecular flexibility index (Phi) is 4.24. The van der Waals surface area contributed by atoms with E-state index < -0.39 is 0 Å². The van der Waals surface area contributed by atoms with Crippen molar-refractivity contribution in [1.82, 2.24) is 15.5 Å². The summed E-state index contributed by atoms with van der Waals surface area (Å²) in [4.78, 5) is 12.3. The summed E-state index contributed by atoms with van der Waals surface area (Å²) in [6.07, 6.45) is 0. The first-order chi connectivity index (χ1) is 14.2. The molecule has 29 heavy (non-hydrogen) atoms. The molecular formula is C20H16N4O5. The number of hydrogen-bond acceptors (Lipinski definition) is 8. The first kappa shape index (κ1) is 17.1. The van der Waals surface area contributed by atoms with Crippen LogP contribution in [-0.4, -0.2) is 29.7 Å². The Bertz CT molecular complexity index is 1070. The van der Waals surface area contributed by atoms with Crippen molar-refractivity contribution >= 4 is 17.4 Å². The Balaban J connectivity index is 1.20. The van der Waals surface area contributed by atoms with Crippen molar-refractivity contribution in [1.29, 1.82) is 0 Å². The van der Waals surface area contributed by atoms with Crippen LogP contribution in [0.4, 0.5) is 11.5 Å². The van der Waals surface area contributed by atoms with E-state index in [1.807, 2.05) is 36.4 Å². The van der Waals surface area contributed by atoms with Crippen molar-refractivity contribution in [2.45, 2.75) is 6.54 Å². The number of rotatable bonds is 5. The molecule has 0 saturated carbocycles. The third-order valence-electron chi connectivity index (χ3n) is 4.43. The molecule has 2 aliphatic rings. The third-order valence-corrected chi connectivity index (χ3v) is 4.43. The zero-order valence-corrected chi connectivity index (χ0v) is 15.2. The monoisotopic (exact) mass is 392 g/mol. The molecule has 1 aromatic heterocycles. The lowest BCUT2D eigenvalue weighted by atomic mass is 10.2. The van der Waals surface area contributed by atoms with Crippen LogP contribution < -0.4 is 29.6 Å². The van der Waals surface area contributed by atoms with Crippen molar-refractivity contribution in [3.63, 3.8) is 0 Å². The van der Waals surface area contributed by atoms with E-state index in [-0.39, 0.29) is 25.2 Å². The normalized spacial score (nSPS) is 13.2. The van der Waals surface area contributed by atoms with E-state index in [4.69, 9.17) is 18.9 Å². The van der Waals surface area contributed by atoms with Crippen LogP contribution in [0.15, 0.2) is 48.5 Å². The van der Waals surface area contributed by atoms with Gasteiger partial charge in [-0.3, -0.25) is 4.79 Å². The Morgan fingerprint density at radius 3 is 2.31 bits per heavy atom. The molecule has 146 valence electrons. The molecule has 5 rings (SSSR count). The average molecular weight is 392 g/mol. The van der Waals surface area contributed by atoms with Crippen LogP contribution >= 0.6 is 0 Å². The van der Waals surface area contributed by atoms with Crippen LogP contribution in [0.2, 0.25) is 0 Å². The van der Waals surface area contributed by atoms with Gasteiger partial charge in [0.25, 0.3) is 5.91 Å². The molecule has 9 heteroatoms. The number of carbonyl (C=O) groups excluding carboxylic acids is 1. The van der Waals surface area contributed by atoms with Crippen molar-refractivity contribution in [2.75, 3.05) is 18.9 Å². The summed E-state index contributed by atoms with van der Waals surface area (Å²) in [5.41, 5.74) is 1.90. The number of nitrogens with zero attached hydrogens (tertiary/aromatic N) is 2. The van der Waals surface area contributed by atoms with E-state index in [0.717, 1.165) is 11.3 Å². The zero-order valence-electron chi connectivity index (χ0n) is 15.2. The lowest BCUT2D eigenvalue weighted by Gasteiger charge is -2.08. The number of hydrogen-bond donors (Lipinski definition) is 2. The lowest BCUT2D eigenvalue weighted by molar-refractivity contribution is 0.0945. The predicted octanol–water partition coefficient (Wildman–Crippen LogP) is 2.61. The van der Waals surface area contributed by atoms with Gasteiger partial charge in [-0.25, -0.2) is 0 Å². The molecule has 0 saturated heterocycles. The zero-order chi connectivity index (χ0) is 19.6. The van der Waals surface area contributed by atoms with Crippen LogP contribution in [0.1, 0.15) is 16.1 Å². The van der Waals surface area contributed by atoms with Gasteiger partial charge in [-0.05, 0) is 42.0 Å². The number of fused-ring (bicyclic) bond motifs is 2. The molecule has 0 radical (unpaired) electrons. The smallest absolute Gasteiger partial charge is 0.272 e. The Hall–Kier alpha value is -4.01. The second-order valence-electron chi connectivity index (χ2n) is 6.37. The van der Waals surface area contributed by atoms with E-state index in [2.05, 4.69) is 20.8 Å². The van der Waals surface area contributed by atoms with Crippen molar-refractivity contribution < 1.29 is 23.7 Å². The maximum atomic E-state index is 12.3. The second-order valence-corrected chi connectivity index (χ2v) is 6.37. The van der Waals surface area contributed by atoms with Gasteiger partial charge in [-0.15, -0.1) is 10.2 Å². The number of anilines is 2. The Labute approximate surface area is 165 Å². The van der Waals surface area contributed by atoms with Gasteiger partial charge in [0, 0.05) is 18.3 Å². The molecule has 1 amide bonds. The molecule has 0 bridgehead atoms. The van der Waals surface area contributed by atoms with Crippen LogP contribution in [0.25, 0.3) is 0 Å². The highest BCUT2D eigenvalue weighted by Crippen LogP contribution is 2.35. The molecule has 3 heterocycles. The lowest BCUT2D eigenvalue weighted by Crippen LogP contribution is -2.24. The van der Waals surface area contributed by atoms with Gasteiger partial charge >= 0.3 is 0 Å². The molecule has 3 aromatic rings. The number of aromatic nitrogens is 2. The fraction of sp³-hybridized carbons (Fsp3) is 0.150. The quantitative estimate of drug-likeness (QED) is 0.683. The summed E-state index contributed by atoms with van der Waals surface area (Å²) in [5.74, 6) is 2.95. The number of carbonyl (C=O) groups is 1. The summed E-state index contributed by atoms with van der Waals surface area (Å²) in [6, 6.07) is 14.3. The number of amides is 1. The Morgan fingerprint density at radius 2 is 1.55 bits per heavy atom. The minimum Gasteiger partial charge on any atom is -0.454 e. The number of nitrogens with one attached hydrogen (secondary N) is 2. The summed E-state index contributed by atoms with van der Waals surface area (Å²) in [6.45, 7) is 0.774. The molecule has 2 aromatic carbocycles. The SMILES string of the molecule is O=C(NCc1ccc2c(c1)OCO2)c1ccc(Nc2ccc3c(c2)OCO3)nn1. The average Bonchev–Trinajstić information content (AvgIpc) is 3.41. The van der Waals surface area contributed by atoms with E-state index in [9.17, 15) is 4.79 Å². The van der Waals surface area contributed by atoms with Gasteiger partial charge in [0.1, 0.15) is 0 Å². The largest absolute Gasteiger partial charge is 0.454 e. The standard InChI is InChI=1S/C20H16N4O5/c25-20(21-9-12-1-4-15-17(7-12)28-10-26-15)14-3-6-19(24-23-14)22-13-2-5-16-18(8-13)29-11-27-16/h1-8H,9-11H2,(H,21,25)(H,22,24). The Morgan fingerprint density at radius 1 is 0.828 bits per heavy atom. The van der Waals surface area contributed by atoms with Gasteiger partial charge in [-0.1, -0.05) is 6.07 Å². The fourth-order valence-corrected chi connectivity index (χ4v) is 2.97. The van der Waals surface area contributed by atoms with E-state index >= 15 is 0 Å². The van der Waals surface area contributed by atoms with Crippen molar-refractivity contribution in [2.24, 2.45) is 0 Å². The molecule has 0 spiro atoms. The summed E-state index contributed by atoms with van der Waals surface area (Å²) in [7, 11) is 0. The first-order valence-electron chi connectivity index (χ1n) is 8.92. The van der Waals surface area contributed by atoms with Gasteiger partial charge < -0.3 is 29.6 Å². The minimum absolute atomic E-state index is 0.216. The van der Waals surface area contributed by atoms with Crippen molar-refractivity contribution in [3.8, 4) is 23.0 Å². The summed E-state index contributed by atoms with van der Waals surface area (Å²) >= 11 is 0. The van der Waals surface area contributed by atoms with E-state index in [1.54, 1.807) is 12.1 Å². The van der Waals surface area contributed by atoms with Gasteiger partial charge in [0.2, 0.25) is 13.6 Å². The topological polar surface area (TPSA) is 104 Å². The molecule has 0 aliphatic carbocycles. The number of benzene rings is 2. The molecule has 2 aliphatic heterocycles. The third kappa shape index (κ3) is 3.57. The molecule has 0 atom stereocenters. The molecule has 0 fully saturated rings. The van der Waals surface area contributed by atoms with Crippen LogP contribution in [0.5, 0.6) is 23.0 Å². The van der Waals surface area contributed by atoms with Crippen molar-refractivity contribution in [3.05, 3.63) is 59.8 Å². The molecule has 9 nitrogen and oxygen atoms in total. The molecular weight excluding hydrogens is 376 g/mol. The molecule has 0 unspecified atom stereocenters. The van der Waals surface area contributed by atoms with E-state index in [1.165, 1.54) is 0 Å². The van der Waals surface area contributed by atoms with E-state index in [0.29, 0.717) is 35.4 Å². The molecule has 2 N–H and O–H groups in total. The number of ether oxygens (including phenoxy) is 4. The van der Waals surface area contributed by atoms with Crippen LogP contribution in [0, 0.1) is 0 Å². The predicted molar refractivity (Wildman–Crippen MR) is 102 cm³/mol. The summed E-state index contributed by atoms with van der Waals surface area (Å²) < 4.78 is 21.3. The minimum atomic E-state index is -0.315. The highest BCUT2D eigenvalue weighted by atomic mass is 16.7.